The summed E-state index contributed by atoms with van der Waals surface area (Å²) >= 11 is 7.43. The van der Waals surface area contributed by atoms with Crippen LogP contribution in [-0.2, 0) is 32.3 Å². The summed E-state index contributed by atoms with van der Waals surface area (Å²) in [5.74, 6) is -0.147. The minimum Gasteiger partial charge on any atom is -0.359 e. The molecule has 1 unspecified atom stereocenters. The van der Waals surface area contributed by atoms with Crippen LogP contribution >= 0.6 is 22.9 Å². The highest BCUT2D eigenvalue weighted by Crippen LogP contribution is 2.30. The van der Waals surface area contributed by atoms with Gasteiger partial charge in [0.05, 0.1) is 11.8 Å². The van der Waals surface area contributed by atoms with Gasteiger partial charge in [0, 0.05) is 60.5 Å². The number of fused-ring (bicyclic) bond motifs is 2. The number of benzene rings is 1. The van der Waals surface area contributed by atoms with Crippen LogP contribution in [0.25, 0.3) is 10.9 Å². The number of sulfonamides is 1. The molecule has 1 aliphatic heterocycles. The molecule has 1 aromatic carbocycles. The number of aromatic amines is 1. The molecule has 1 fully saturated rings. The van der Waals surface area contributed by atoms with E-state index >= 15 is 0 Å². The number of aryl methyl sites for hydroxylation is 1. The van der Waals surface area contributed by atoms with E-state index in [4.69, 9.17) is 21.1 Å². The number of ether oxygens (including phenoxy) is 2. The third kappa shape index (κ3) is 4.60. The molecule has 0 bridgehead atoms. The number of H-pyrrole nitrogens is 1. The van der Waals surface area contributed by atoms with E-state index in [0.717, 1.165) is 35.2 Å². The maximum Gasteiger partial charge on any atom is 0.282 e. The molecule has 1 atom stereocenters. The van der Waals surface area contributed by atoms with Gasteiger partial charge in [-0.15, -0.1) is 11.3 Å². The molecule has 1 amide bonds. The number of halogens is 1. The minimum atomic E-state index is -3.71. The predicted octanol–water partition coefficient (Wildman–Crippen LogP) is 2.90. The van der Waals surface area contributed by atoms with Crippen molar-refractivity contribution in [3.8, 4) is 0 Å². The van der Waals surface area contributed by atoms with Gasteiger partial charge in [0.2, 0.25) is 0 Å². The number of rotatable bonds is 6. The number of aromatic nitrogens is 2. The molecular formula is C22H25ClN4O5S2. The molecule has 34 heavy (non-hydrogen) atoms. The minimum absolute atomic E-state index is 0.0743. The van der Waals surface area contributed by atoms with Crippen LogP contribution < -0.4 is 0 Å². The Kier molecular flexibility index (Phi) is 6.66. The fourth-order valence-corrected chi connectivity index (χ4v) is 7.12. The van der Waals surface area contributed by atoms with Crippen molar-refractivity contribution in [2.24, 2.45) is 0 Å². The summed E-state index contributed by atoms with van der Waals surface area (Å²) in [6.07, 6.45) is 2.43. The summed E-state index contributed by atoms with van der Waals surface area (Å²) in [6.45, 7) is 1.33. The van der Waals surface area contributed by atoms with Gasteiger partial charge in [0.25, 0.3) is 15.9 Å². The molecule has 1 aliphatic carbocycles. The molecule has 5 rings (SSSR count). The van der Waals surface area contributed by atoms with Gasteiger partial charge in [-0.3, -0.25) is 4.79 Å². The Balaban J connectivity index is 1.24. The first-order valence-electron chi connectivity index (χ1n) is 11.0. The number of hydrogen-bond donors (Lipinski definition) is 1. The summed E-state index contributed by atoms with van der Waals surface area (Å²) in [5.41, 5.74) is 1.67. The molecule has 1 N–H and O–H groups in total. The lowest BCUT2D eigenvalue weighted by Gasteiger charge is -2.33. The van der Waals surface area contributed by atoms with Gasteiger partial charge in [0.15, 0.2) is 5.01 Å². The van der Waals surface area contributed by atoms with E-state index in [2.05, 4.69) is 9.97 Å². The Morgan fingerprint density at radius 2 is 2.06 bits per heavy atom. The topological polar surface area (TPSA) is 105 Å². The van der Waals surface area contributed by atoms with Crippen LogP contribution in [0.3, 0.4) is 0 Å². The second-order valence-corrected chi connectivity index (χ2v) is 11.8. The van der Waals surface area contributed by atoms with Crippen molar-refractivity contribution in [2.75, 3.05) is 40.1 Å². The van der Waals surface area contributed by atoms with E-state index in [0.29, 0.717) is 28.6 Å². The molecule has 12 heteroatoms. The Morgan fingerprint density at radius 1 is 1.26 bits per heavy atom. The van der Waals surface area contributed by atoms with Gasteiger partial charge in [-0.1, -0.05) is 11.6 Å². The van der Waals surface area contributed by atoms with Gasteiger partial charge in [-0.2, -0.15) is 4.31 Å². The quantitative estimate of drug-likeness (QED) is 0.497. The van der Waals surface area contributed by atoms with Gasteiger partial charge < -0.3 is 19.4 Å². The molecule has 3 aromatic rings. The third-order valence-electron chi connectivity index (χ3n) is 6.20. The van der Waals surface area contributed by atoms with Gasteiger partial charge in [-0.05, 0) is 37.1 Å². The van der Waals surface area contributed by atoms with Crippen LogP contribution in [0.2, 0.25) is 5.02 Å². The lowest BCUT2D eigenvalue weighted by atomic mass is 10.0. The summed E-state index contributed by atoms with van der Waals surface area (Å²) in [5, 5.41) is 1.87. The second kappa shape index (κ2) is 9.56. The maximum absolute atomic E-state index is 13.2. The Labute approximate surface area is 206 Å². The SMILES string of the molecule is COCOC1CCc2nc(C(=O)N3CCN(S(=O)(=O)c4cc5cc(Cl)ccc5[nH]4)CC3)sc2C1. The number of carbonyl (C=O) groups is 1. The molecule has 182 valence electrons. The maximum atomic E-state index is 13.2. The number of thiazole rings is 1. The molecule has 0 saturated carbocycles. The van der Waals surface area contributed by atoms with Crippen LogP contribution in [0.1, 0.15) is 26.8 Å². The molecule has 0 spiro atoms. The fraction of sp³-hybridized carbons (Fsp3) is 0.455. The highest BCUT2D eigenvalue weighted by molar-refractivity contribution is 7.89. The molecule has 1 saturated heterocycles. The van der Waals surface area contributed by atoms with E-state index in [1.807, 2.05) is 0 Å². The zero-order chi connectivity index (χ0) is 23.9. The van der Waals surface area contributed by atoms with E-state index in [-0.39, 0.29) is 36.9 Å². The van der Waals surface area contributed by atoms with E-state index in [1.165, 1.54) is 15.6 Å². The van der Waals surface area contributed by atoms with E-state index in [1.54, 1.807) is 36.3 Å². The van der Waals surface area contributed by atoms with Crippen molar-refractivity contribution in [1.82, 2.24) is 19.2 Å². The number of carbonyl (C=O) groups excluding carboxylic acids is 1. The standard InChI is InChI=1S/C22H25ClN4O5S2/c1-31-13-32-16-3-5-18-19(12-16)33-21(25-18)22(28)26-6-8-27(9-7-26)34(29,30)20-11-14-10-15(23)2-4-17(14)24-20/h2,4,10-11,16,24H,3,5-9,12-13H2,1H3. The largest absolute Gasteiger partial charge is 0.359 e. The number of methoxy groups -OCH3 is 1. The summed E-state index contributed by atoms with van der Waals surface area (Å²) in [6, 6.07) is 6.79. The zero-order valence-electron chi connectivity index (χ0n) is 18.6. The molecule has 0 radical (unpaired) electrons. The predicted molar refractivity (Wildman–Crippen MR) is 129 cm³/mol. The fourth-order valence-electron chi connectivity index (χ4n) is 4.36. The highest BCUT2D eigenvalue weighted by atomic mass is 35.5. The number of hydrogen-bond acceptors (Lipinski definition) is 7. The number of nitrogens with zero attached hydrogens (tertiary/aromatic N) is 3. The van der Waals surface area contributed by atoms with Crippen molar-refractivity contribution in [3.05, 3.63) is 44.9 Å². The molecule has 2 aromatic heterocycles. The average Bonchev–Trinajstić information content (AvgIpc) is 3.46. The molecule has 2 aliphatic rings. The van der Waals surface area contributed by atoms with Crippen LogP contribution in [-0.4, -0.2) is 79.7 Å². The molecule has 9 nitrogen and oxygen atoms in total. The normalized spacial score (nSPS) is 19.5. The second-order valence-electron chi connectivity index (χ2n) is 8.39. The number of piperazine rings is 1. The van der Waals surface area contributed by atoms with Crippen molar-refractivity contribution < 1.29 is 22.7 Å². The van der Waals surface area contributed by atoms with E-state index < -0.39 is 10.0 Å². The Hall–Kier alpha value is -2.02. The first-order valence-corrected chi connectivity index (χ1v) is 13.7. The lowest BCUT2D eigenvalue weighted by Crippen LogP contribution is -2.50. The van der Waals surface area contributed by atoms with Crippen LogP contribution in [0.4, 0.5) is 0 Å². The summed E-state index contributed by atoms with van der Waals surface area (Å²) in [7, 11) is -2.11. The van der Waals surface area contributed by atoms with Crippen molar-refractivity contribution in [3.63, 3.8) is 0 Å². The lowest BCUT2D eigenvalue weighted by molar-refractivity contribution is -0.0748. The average molecular weight is 525 g/mol. The van der Waals surface area contributed by atoms with Crippen LogP contribution in [0.15, 0.2) is 29.3 Å². The third-order valence-corrected chi connectivity index (χ3v) is 9.36. The monoisotopic (exact) mass is 524 g/mol. The van der Waals surface area contributed by atoms with Gasteiger partial charge in [-0.25, -0.2) is 13.4 Å². The number of nitrogens with one attached hydrogen (secondary N) is 1. The zero-order valence-corrected chi connectivity index (χ0v) is 21.0. The molecule has 3 heterocycles. The summed E-state index contributed by atoms with van der Waals surface area (Å²) in [4.78, 5) is 23.4. The van der Waals surface area contributed by atoms with Crippen molar-refractivity contribution in [2.45, 2.75) is 30.4 Å². The Morgan fingerprint density at radius 3 is 2.82 bits per heavy atom. The Bertz CT molecular complexity index is 1310. The van der Waals surface area contributed by atoms with Crippen molar-refractivity contribution in [1.29, 1.82) is 0 Å². The van der Waals surface area contributed by atoms with Crippen molar-refractivity contribution >= 4 is 49.8 Å². The smallest absolute Gasteiger partial charge is 0.282 e. The first kappa shape index (κ1) is 23.7. The molecular weight excluding hydrogens is 500 g/mol. The van der Waals surface area contributed by atoms with Crippen LogP contribution in [0, 0.1) is 0 Å². The number of amides is 1. The van der Waals surface area contributed by atoms with Gasteiger partial charge in [0.1, 0.15) is 11.8 Å². The first-order chi connectivity index (χ1) is 16.3. The summed E-state index contributed by atoms with van der Waals surface area (Å²) < 4.78 is 38.4. The van der Waals surface area contributed by atoms with E-state index in [9.17, 15) is 13.2 Å². The van der Waals surface area contributed by atoms with Crippen LogP contribution in [0.5, 0.6) is 0 Å². The highest BCUT2D eigenvalue weighted by Gasteiger charge is 2.33. The van der Waals surface area contributed by atoms with Gasteiger partial charge >= 0.3 is 0 Å².